The fourth-order valence-corrected chi connectivity index (χ4v) is 3.65. The second kappa shape index (κ2) is 10.0. The lowest BCUT2D eigenvalue weighted by Gasteiger charge is -2.36. The minimum absolute atomic E-state index is 0.0496. The standard InChI is InChI=1S/C20H24Cl2N4O/c21-16-6-4-7-17(19(16)22)26-14-12-25(13-15-26)11-3-1-2-9-23-20-18(27)8-5-10-24-20/h4-10,20H,1-3,11-15H2/b23-9-. The van der Waals surface area contributed by atoms with Gasteiger partial charge < -0.3 is 4.90 Å². The average molecular weight is 407 g/mol. The number of hydrogen-bond acceptors (Lipinski definition) is 5. The molecule has 1 unspecified atom stereocenters. The number of halogens is 2. The van der Waals surface area contributed by atoms with Crippen molar-refractivity contribution in [1.29, 1.82) is 0 Å². The summed E-state index contributed by atoms with van der Waals surface area (Å²) in [5, 5.41) is 1.25. The van der Waals surface area contributed by atoms with Gasteiger partial charge >= 0.3 is 0 Å². The van der Waals surface area contributed by atoms with E-state index in [0.29, 0.717) is 10.0 Å². The molecule has 0 aliphatic carbocycles. The van der Waals surface area contributed by atoms with Crippen molar-refractivity contribution in [3.8, 4) is 0 Å². The Bertz CT molecular complexity index is 739. The van der Waals surface area contributed by atoms with Crippen molar-refractivity contribution >= 4 is 47.1 Å². The van der Waals surface area contributed by atoms with Crippen molar-refractivity contribution < 1.29 is 4.79 Å². The molecular formula is C20H24Cl2N4O. The van der Waals surface area contributed by atoms with Gasteiger partial charge in [0.05, 0.1) is 15.7 Å². The number of nitrogens with zero attached hydrogens (tertiary/aromatic N) is 4. The van der Waals surface area contributed by atoms with Gasteiger partial charge in [0.2, 0.25) is 11.9 Å². The highest BCUT2D eigenvalue weighted by Gasteiger charge is 2.19. The molecule has 1 fully saturated rings. The third-order valence-electron chi connectivity index (χ3n) is 4.78. The summed E-state index contributed by atoms with van der Waals surface area (Å²) in [6.07, 6.45) is 9.11. The van der Waals surface area contributed by atoms with Crippen LogP contribution >= 0.6 is 23.2 Å². The molecule has 0 bridgehead atoms. The summed E-state index contributed by atoms with van der Waals surface area (Å²) in [6.45, 7) is 5.03. The van der Waals surface area contributed by atoms with Gasteiger partial charge in [-0.25, -0.2) is 0 Å². The predicted octanol–water partition coefficient (Wildman–Crippen LogP) is 3.89. The molecule has 1 aromatic carbocycles. The van der Waals surface area contributed by atoms with Crippen LogP contribution in [0.5, 0.6) is 0 Å². The summed E-state index contributed by atoms with van der Waals surface area (Å²) in [5.41, 5.74) is 1.02. The molecule has 1 saturated heterocycles. The molecule has 2 heterocycles. The van der Waals surface area contributed by atoms with E-state index < -0.39 is 6.17 Å². The number of hydrogen-bond donors (Lipinski definition) is 0. The number of anilines is 1. The molecular weight excluding hydrogens is 383 g/mol. The van der Waals surface area contributed by atoms with Gasteiger partial charge in [-0.15, -0.1) is 0 Å². The van der Waals surface area contributed by atoms with Crippen LogP contribution in [0.15, 0.2) is 40.3 Å². The largest absolute Gasteiger partial charge is 0.368 e. The Kier molecular flexibility index (Phi) is 7.44. The second-order valence-corrected chi connectivity index (χ2v) is 7.45. The molecule has 0 N–H and O–H groups in total. The van der Waals surface area contributed by atoms with Crippen LogP contribution in [0.25, 0.3) is 0 Å². The van der Waals surface area contributed by atoms with E-state index >= 15 is 0 Å². The molecule has 1 aromatic rings. The fourth-order valence-electron chi connectivity index (χ4n) is 3.24. The Morgan fingerprint density at radius 1 is 1.19 bits per heavy atom. The maximum Gasteiger partial charge on any atom is 0.202 e. The number of aliphatic imine (C=N–C) groups is 2. The number of unbranched alkanes of at least 4 members (excludes halogenated alkanes) is 2. The fraction of sp³-hybridized carbons (Fsp3) is 0.450. The molecule has 0 radical (unpaired) electrons. The zero-order valence-electron chi connectivity index (χ0n) is 15.2. The van der Waals surface area contributed by atoms with Gasteiger partial charge in [0, 0.05) is 38.6 Å². The first-order valence-corrected chi connectivity index (χ1v) is 10.1. The van der Waals surface area contributed by atoms with Gasteiger partial charge in [0.15, 0.2) is 0 Å². The highest BCUT2D eigenvalue weighted by atomic mass is 35.5. The smallest absolute Gasteiger partial charge is 0.202 e. The van der Waals surface area contributed by atoms with E-state index in [1.54, 1.807) is 12.3 Å². The average Bonchev–Trinajstić information content (AvgIpc) is 2.69. The van der Waals surface area contributed by atoms with Crippen LogP contribution < -0.4 is 4.90 Å². The predicted molar refractivity (Wildman–Crippen MR) is 114 cm³/mol. The first-order valence-electron chi connectivity index (χ1n) is 9.32. The van der Waals surface area contributed by atoms with Crippen LogP contribution in [0, 0.1) is 0 Å². The van der Waals surface area contributed by atoms with E-state index in [-0.39, 0.29) is 5.78 Å². The number of piperazine rings is 1. The monoisotopic (exact) mass is 406 g/mol. The summed E-state index contributed by atoms with van der Waals surface area (Å²) in [4.78, 5) is 24.6. The van der Waals surface area contributed by atoms with E-state index in [1.165, 1.54) is 6.08 Å². The number of ketones is 1. The van der Waals surface area contributed by atoms with Gasteiger partial charge in [-0.3, -0.25) is 19.7 Å². The Morgan fingerprint density at radius 2 is 2.00 bits per heavy atom. The number of carbonyl (C=O) groups is 1. The lowest BCUT2D eigenvalue weighted by molar-refractivity contribution is -0.115. The zero-order valence-corrected chi connectivity index (χ0v) is 16.7. The summed E-state index contributed by atoms with van der Waals surface area (Å²) >= 11 is 12.4. The van der Waals surface area contributed by atoms with Crippen LogP contribution in [-0.4, -0.2) is 62.0 Å². The van der Waals surface area contributed by atoms with Crippen LogP contribution in [0.1, 0.15) is 19.3 Å². The first kappa shape index (κ1) is 20.1. The third-order valence-corrected chi connectivity index (χ3v) is 5.59. The van der Waals surface area contributed by atoms with E-state index in [1.807, 2.05) is 24.4 Å². The van der Waals surface area contributed by atoms with Crippen LogP contribution in [0.4, 0.5) is 5.69 Å². The van der Waals surface area contributed by atoms with E-state index in [2.05, 4.69) is 19.8 Å². The second-order valence-electron chi connectivity index (χ2n) is 6.66. The summed E-state index contributed by atoms with van der Waals surface area (Å²) in [5.74, 6) is -0.0496. The van der Waals surface area contributed by atoms with Crippen molar-refractivity contribution in [2.75, 3.05) is 37.6 Å². The molecule has 0 spiro atoms. The van der Waals surface area contributed by atoms with Crippen LogP contribution in [0.2, 0.25) is 10.0 Å². The van der Waals surface area contributed by atoms with E-state index in [4.69, 9.17) is 23.2 Å². The lowest BCUT2D eigenvalue weighted by Crippen LogP contribution is -2.46. The molecule has 7 heteroatoms. The first-order chi connectivity index (χ1) is 13.1. The number of rotatable bonds is 7. The molecule has 0 saturated carbocycles. The number of benzene rings is 1. The van der Waals surface area contributed by atoms with E-state index in [0.717, 1.165) is 57.7 Å². The normalized spacial score (nSPS) is 20.7. The Balaban J connectivity index is 1.33. The maximum atomic E-state index is 11.5. The highest BCUT2D eigenvalue weighted by Crippen LogP contribution is 2.32. The minimum atomic E-state index is -0.568. The van der Waals surface area contributed by atoms with Crippen molar-refractivity contribution in [2.24, 2.45) is 9.98 Å². The maximum absolute atomic E-state index is 11.5. The summed E-state index contributed by atoms with van der Waals surface area (Å²) < 4.78 is 0. The zero-order chi connectivity index (χ0) is 19.1. The SMILES string of the molecule is O=C1C=CC=NC1/N=C\CCCCN1CCN(c2cccc(Cl)c2Cl)CC1. The van der Waals surface area contributed by atoms with Gasteiger partial charge in [0.1, 0.15) is 0 Å². The number of carbonyl (C=O) groups excluding carboxylic acids is 1. The van der Waals surface area contributed by atoms with Crippen molar-refractivity contribution in [3.05, 3.63) is 40.4 Å². The lowest BCUT2D eigenvalue weighted by atomic mass is 10.2. The Morgan fingerprint density at radius 3 is 2.78 bits per heavy atom. The molecule has 0 amide bonds. The molecule has 2 aliphatic heterocycles. The summed E-state index contributed by atoms with van der Waals surface area (Å²) in [6, 6.07) is 5.79. The van der Waals surface area contributed by atoms with Gasteiger partial charge in [-0.2, -0.15) is 0 Å². The van der Waals surface area contributed by atoms with Crippen LogP contribution in [-0.2, 0) is 4.79 Å². The molecule has 2 aliphatic rings. The molecule has 3 rings (SSSR count). The molecule has 144 valence electrons. The quantitative estimate of drug-likeness (QED) is 0.509. The molecule has 0 aromatic heterocycles. The third kappa shape index (κ3) is 5.64. The van der Waals surface area contributed by atoms with Crippen molar-refractivity contribution in [1.82, 2.24) is 4.90 Å². The van der Waals surface area contributed by atoms with E-state index in [9.17, 15) is 4.79 Å². The van der Waals surface area contributed by atoms with Crippen LogP contribution in [0.3, 0.4) is 0 Å². The molecule has 5 nitrogen and oxygen atoms in total. The minimum Gasteiger partial charge on any atom is -0.368 e. The Hall–Kier alpha value is -1.69. The van der Waals surface area contributed by atoms with Crippen molar-refractivity contribution in [2.45, 2.75) is 25.4 Å². The highest BCUT2D eigenvalue weighted by molar-refractivity contribution is 6.43. The van der Waals surface area contributed by atoms with Gasteiger partial charge in [0.25, 0.3) is 0 Å². The van der Waals surface area contributed by atoms with Gasteiger partial charge in [-0.1, -0.05) is 29.3 Å². The topological polar surface area (TPSA) is 48.3 Å². The summed E-state index contributed by atoms with van der Waals surface area (Å²) in [7, 11) is 0. The van der Waals surface area contributed by atoms with Crippen molar-refractivity contribution in [3.63, 3.8) is 0 Å². The number of dihydropyridines is 1. The molecule has 1 atom stereocenters. The van der Waals surface area contributed by atoms with Gasteiger partial charge in [-0.05, 0) is 50.1 Å². The Labute approximate surface area is 170 Å². The number of allylic oxidation sites excluding steroid dienone is 1. The molecule has 27 heavy (non-hydrogen) atoms.